The molecular formula is C11H13NO5. The molecule has 1 unspecified atom stereocenters. The van der Waals surface area contributed by atoms with E-state index in [0.717, 1.165) is 0 Å². The molecule has 0 aliphatic heterocycles. The summed E-state index contributed by atoms with van der Waals surface area (Å²) in [4.78, 5) is 21.9. The van der Waals surface area contributed by atoms with Crippen LogP contribution in [-0.4, -0.2) is 36.8 Å². The van der Waals surface area contributed by atoms with Gasteiger partial charge in [0.1, 0.15) is 5.75 Å². The number of hydrogen-bond acceptors (Lipinski definition) is 4. The SMILES string of the molecule is COCC(Oc1ccccc1C(N)=O)C(=O)O. The molecule has 92 valence electrons. The van der Waals surface area contributed by atoms with Crippen molar-refractivity contribution < 1.29 is 24.2 Å². The molecule has 0 aliphatic rings. The highest BCUT2D eigenvalue weighted by Gasteiger charge is 2.21. The Hall–Kier alpha value is -2.08. The summed E-state index contributed by atoms with van der Waals surface area (Å²) in [5, 5.41) is 8.87. The summed E-state index contributed by atoms with van der Waals surface area (Å²) in [6.45, 7) is -0.123. The van der Waals surface area contributed by atoms with Gasteiger partial charge in [-0.3, -0.25) is 4.79 Å². The molecule has 0 aromatic heterocycles. The fourth-order valence-electron chi connectivity index (χ4n) is 1.23. The van der Waals surface area contributed by atoms with Gasteiger partial charge < -0.3 is 20.3 Å². The van der Waals surface area contributed by atoms with Gasteiger partial charge in [-0.25, -0.2) is 4.79 Å². The topological polar surface area (TPSA) is 98.9 Å². The molecule has 1 amide bonds. The normalized spacial score (nSPS) is 11.8. The number of ether oxygens (including phenoxy) is 2. The molecule has 0 bridgehead atoms. The first-order valence-electron chi connectivity index (χ1n) is 4.83. The zero-order valence-corrected chi connectivity index (χ0v) is 9.25. The van der Waals surface area contributed by atoms with Crippen LogP contribution in [-0.2, 0) is 9.53 Å². The number of carbonyl (C=O) groups excluding carboxylic acids is 1. The number of para-hydroxylation sites is 1. The lowest BCUT2D eigenvalue weighted by atomic mass is 10.2. The fourth-order valence-corrected chi connectivity index (χ4v) is 1.23. The van der Waals surface area contributed by atoms with E-state index in [-0.39, 0.29) is 17.9 Å². The minimum atomic E-state index is -1.18. The number of rotatable bonds is 6. The van der Waals surface area contributed by atoms with Crippen molar-refractivity contribution in [2.24, 2.45) is 5.73 Å². The Labute approximate surface area is 97.9 Å². The highest BCUT2D eigenvalue weighted by molar-refractivity contribution is 5.95. The van der Waals surface area contributed by atoms with Crippen LogP contribution < -0.4 is 10.5 Å². The second kappa shape index (κ2) is 5.86. The van der Waals surface area contributed by atoms with Gasteiger partial charge in [0.2, 0.25) is 6.10 Å². The van der Waals surface area contributed by atoms with Crippen LogP contribution in [0.1, 0.15) is 10.4 Å². The van der Waals surface area contributed by atoms with Crippen LogP contribution in [0.15, 0.2) is 24.3 Å². The largest absolute Gasteiger partial charge is 0.478 e. The van der Waals surface area contributed by atoms with Gasteiger partial charge in [-0.2, -0.15) is 0 Å². The number of aliphatic carboxylic acids is 1. The number of hydrogen-bond donors (Lipinski definition) is 2. The number of nitrogens with two attached hydrogens (primary N) is 1. The Balaban J connectivity index is 2.92. The molecule has 0 aliphatic carbocycles. The second-order valence-corrected chi connectivity index (χ2v) is 3.26. The molecule has 1 aromatic carbocycles. The molecule has 0 fully saturated rings. The number of carbonyl (C=O) groups is 2. The lowest BCUT2D eigenvalue weighted by Gasteiger charge is -2.15. The smallest absolute Gasteiger partial charge is 0.347 e. The molecule has 1 aromatic rings. The lowest BCUT2D eigenvalue weighted by Crippen LogP contribution is -2.32. The van der Waals surface area contributed by atoms with E-state index in [1.165, 1.54) is 19.2 Å². The summed E-state index contributed by atoms with van der Waals surface area (Å²) < 4.78 is 9.90. The molecule has 0 spiro atoms. The quantitative estimate of drug-likeness (QED) is 0.742. The van der Waals surface area contributed by atoms with Gasteiger partial charge in [-0.15, -0.1) is 0 Å². The molecular weight excluding hydrogens is 226 g/mol. The molecule has 17 heavy (non-hydrogen) atoms. The van der Waals surface area contributed by atoms with E-state index in [0.29, 0.717) is 0 Å². The molecule has 0 saturated carbocycles. The molecule has 0 saturated heterocycles. The van der Waals surface area contributed by atoms with Crippen LogP contribution in [0.2, 0.25) is 0 Å². The van der Waals surface area contributed by atoms with Crippen LogP contribution in [0.4, 0.5) is 0 Å². The Bertz CT molecular complexity index is 418. The van der Waals surface area contributed by atoms with Crippen molar-refractivity contribution in [3.05, 3.63) is 29.8 Å². The second-order valence-electron chi connectivity index (χ2n) is 3.26. The van der Waals surface area contributed by atoms with Crippen LogP contribution in [0.5, 0.6) is 5.75 Å². The van der Waals surface area contributed by atoms with Crippen molar-refractivity contribution in [2.45, 2.75) is 6.10 Å². The zero-order valence-electron chi connectivity index (χ0n) is 9.25. The third-order valence-electron chi connectivity index (χ3n) is 2.02. The molecule has 6 heteroatoms. The van der Waals surface area contributed by atoms with Gasteiger partial charge >= 0.3 is 5.97 Å². The molecule has 3 N–H and O–H groups in total. The summed E-state index contributed by atoms with van der Waals surface area (Å²) in [6.07, 6.45) is -1.18. The number of primary amides is 1. The molecule has 0 radical (unpaired) electrons. The predicted molar refractivity (Wildman–Crippen MR) is 58.9 cm³/mol. The van der Waals surface area contributed by atoms with Crippen molar-refractivity contribution in [3.8, 4) is 5.75 Å². The van der Waals surface area contributed by atoms with Gasteiger partial charge in [0.25, 0.3) is 5.91 Å². The first-order valence-corrected chi connectivity index (χ1v) is 4.83. The van der Waals surface area contributed by atoms with E-state index in [2.05, 4.69) is 0 Å². The van der Waals surface area contributed by atoms with Gasteiger partial charge in [0, 0.05) is 7.11 Å². The van der Waals surface area contributed by atoms with Gasteiger partial charge in [-0.05, 0) is 12.1 Å². The van der Waals surface area contributed by atoms with Gasteiger partial charge in [0.05, 0.1) is 12.2 Å². The number of methoxy groups -OCH3 is 1. The van der Waals surface area contributed by atoms with E-state index in [1.54, 1.807) is 12.1 Å². The predicted octanol–water partition coefficient (Wildman–Crippen LogP) is 0.264. The maximum Gasteiger partial charge on any atom is 0.347 e. The Morgan fingerprint density at radius 1 is 1.41 bits per heavy atom. The summed E-state index contributed by atoms with van der Waals surface area (Å²) in [5.41, 5.74) is 5.28. The van der Waals surface area contributed by atoms with E-state index >= 15 is 0 Å². The van der Waals surface area contributed by atoms with Crippen molar-refractivity contribution in [3.63, 3.8) is 0 Å². The lowest BCUT2D eigenvalue weighted by molar-refractivity contribution is -0.147. The van der Waals surface area contributed by atoms with Crippen LogP contribution in [0.3, 0.4) is 0 Å². The minimum Gasteiger partial charge on any atom is -0.478 e. The standard InChI is InChI=1S/C11H13NO5/c1-16-6-9(11(14)15)17-8-5-3-2-4-7(8)10(12)13/h2-5,9H,6H2,1H3,(H2,12,13)(H,14,15). The average molecular weight is 239 g/mol. The zero-order chi connectivity index (χ0) is 12.8. The maximum atomic E-state index is 11.1. The highest BCUT2D eigenvalue weighted by Crippen LogP contribution is 2.18. The number of carboxylic acid groups (broad SMARTS) is 1. The summed E-state index contributed by atoms with van der Waals surface area (Å²) in [7, 11) is 1.36. The maximum absolute atomic E-state index is 11.1. The van der Waals surface area contributed by atoms with E-state index in [1.807, 2.05) is 0 Å². The molecule has 1 atom stereocenters. The van der Waals surface area contributed by atoms with Crippen molar-refractivity contribution in [1.29, 1.82) is 0 Å². The first-order chi connectivity index (χ1) is 8.06. The summed E-state index contributed by atoms with van der Waals surface area (Å²) in [6, 6.07) is 6.17. The van der Waals surface area contributed by atoms with Crippen LogP contribution in [0, 0.1) is 0 Å². The van der Waals surface area contributed by atoms with Crippen molar-refractivity contribution in [2.75, 3.05) is 13.7 Å². The third kappa shape index (κ3) is 3.46. The fraction of sp³-hybridized carbons (Fsp3) is 0.273. The third-order valence-corrected chi connectivity index (χ3v) is 2.02. The summed E-state index contributed by atoms with van der Waals surface area (Å²) in [5.74, 6) is -1.72. The first kappa shape index (κ1) is 13.0. The minimum absolute atomic E-state index is 0.123. The van der Waals surface area contributed by atoms with Crippen molar-refractivity contribution in [1.82, 2.24) is 0 Å². The number of benzene rings is 1. The average Bonchev–Trinajstić information content (AvgIpc) is 2.28. The Morgan fingerprint density at radius 3 is 2.59 bits per heavy atom. The molecule has 6 nitrogen and oxygen atoms in total. The number of carboxylic acids is 1. The summed E-state index contributed by atoms with van der Waals surface area (Å²) >= 11 is 0. The highest BCUT2D eigenvalue weighted by atomic mass is 16.5. The van der Waals surface area contributed by atoms with Crippen LogP contribution in [0.25, 0.3) is 0 Å². The Kier molecular flexibility index (Phi) is 4.47. The number of amides is 1. The van der Waals surface area contributed by atoms with Crippen molar-refractivity contribution >= 4 is 11.9 Å². The van der Waals surface area contributed by atoms with E-state index in [9.17, 15) is 9.59 Å². The Morgan fingerprint density at radius 2 is 2.06 bits per heavy atom. The van der Waals surface area contributed by atoms with E-state index < -0.39 is 18.0 Å². The van der Waals surface area contributed by atoms with Gasteiger partial charge in [0.15, 0.2) is 0 Å². The molecule has 1 rings (SSSR count). The monoisotopic (exact) mass is 239 g/mol. The van der Waals surface area contributed by atoms with E-state index in [4.69, 9.17) is 20.3 Å². The van der Waals surface area contributed by atoms with Gasteiger partial charge in [-0.1, -0.05) is 12.1 Å². The molecule has 0 heterocycles. The van der Waals surface area contributed by atoms with Crippen LogP contribution >= 0.6 is 0 Å².